The molecule has 20 heavy (non-hydrogen) atoms. The minimum absolute atomic E-state index is 0.00758. The van der Waals surface area contributed by atoms with E-state index in [1.165, 1.54) is 11.8 Å². The van der Waals surface area contributed by atoms with Crippen LogP contribution in [0.25, 0.3) is 0 Å². The molecule has 1 atom stereocenters. The standard InChI is InChI=1S/C11H18N4O4S/c1-14(2)10-8(11(16)19-3)9(12)15(13-10)7-4-5-20(17,18)6-7/h7H,4-6,12H2,1-3H3. The molecule has 0 bridgehead atoms. The highest BCUT2D eigenvalue weighted by Gasteiger charge is 2.34. The van der Waals surface area contributed by atoms with Crippen LogP contribution in [0, 0.1) is 0 Å². The Morgan fingerprint density at radius 2 is 2.15 bits per heavy atom. The summed E-state index contributed by atoms with van der Waals surface area (Å²) in [6.45, 7) is 0. The van der Waals surface area contributed by atoms with Gasteiger partial charge in [-0.2, -0.15) is 5.10 Å². The first-order valence-corrected chi connectivity index (χ1v) is 7.93. The van der Waals surface area contributed by atoms with Crippen LogP contribution in [-0.4, -0.2) is 56.9 Å². The maximum Gasteiger partial charge on any atom is 0.345 e. The summed E-state index contributed by atoms with van der Waals surface area (Å²) >= 11 is 0. The van der Waals surface area contributed by atoms with Crippen LogP contribution in [0.2, 0.25) is 0 Å². The molecule has 2 N–H and O–H groups in total. The largest absolute Gasteiger partial charge is 0.465 e. The Labute approximate surface area is 117 Å². The number of rotatable bonds is 3. The van der Waals surface area contributed by atoms with Crippen molar-refractivity contribution in [1.82, 2.24) is 9.78 Å². The summed E-state index contributed by atoms with van der Waals surface area (Å²) in [5.41, 5.74) is 6.13. The molecule has 0 amide bonds. The molecule has 1 unspecified atom stereocenters. The van der Waals surface area contributed by atoms with E-state index in [1.807, 2.05) is 0 Å². The van der Waals surface area contributed by atoms with E-state index in [0.717, 1.165) is 0 Å². The van der Waals surface area contributed by atoms with Crippen molar-refractivity contribution < 1.29 is 17.9 Å². The van der Waals surface area contributed by atoms with Crippen LogP contribution in [0.3, 0.4) is 0 Å². The number of anilines is 2. The molecule has 9 heteroatoms. The number of ether oxygens (including phenoxy) is 1. The predicted octanol–water partition coefficient (Wildman–Crippen LogP) is -0.322. The van der Waals surface area contributed by atoms with Gasteiger partial charge in [-0.25, -0.2) is 17.9 Å². The molecule has 0 saturated carbocycles. The van der Waals surface area contributed by atoms with Gasteiger partial charge in [0.25, 0.3) is 0 Å². The van der Waals surface area contributed by atoms with Crippen LogP contribution in [0.4, 0.5) is 11.6 Å². The van der Waals surface area contributed by atoms with Crippen molar-refractivity contribution in [2.75, 3.05) is 43.3 Å². The van der Waals surface area contributed by atoms with Gasteiger partial charge in [0.05, 0.1) is 24.7 Å². The zero-order valence-electron chi connectivity index (χ0n) is 11.7. The Bertz CT molecular complexity index is 635. The number of nitrogens with two attached hydrogens (primary N) is 1. The highest BCUT2D eigenvalue weighted by molar-refractivity contribution is 7.91. The van der Waals surface area contributed by atoms with E-state index in [0.29, 0.717) is 12.2 Å². The van der Waals surface area contributed by atoms with Gasteiger partial charge in [-0.15, -0.1) is 0 Å². The first-order valence-electron chi connectivity index (χ1n) is 6.11. The second-order valence-electron chi connectivity index (χ2n) is 4.97. The number of carbonyl (C=O) groups excluding carboxylic acids is 1. The van der Waals surface area contributed by atoms with Crippen LogP contribution in [0.1, 0.15) is 22.8 Å². The molecule has 2 heterocycles. The third kappa shape index (κ3) is 2.45. The minimum atomic E-state index is -3.06. The molecule has 0 radical (unpaired) electrons. The average Bonchev–Trinajstić information content (AvgIpc) is 2.88. The number of esters is 1. The summed E-state index contributed by atoms with van der Waals surface area (Å²) in [7, 11) is 1.66. The molecule has 1 aliphatic rings. The van der Waals surface area contributed by atoms with Crippen molar-refractivity contribution in [3.63, 3.8) is 0 Å². The summed E-state index contributed by atoms with van der Waals surface area (Å²) in [6.07, 6.45) is 0.446. The lowest BCUT2D eigenvalue weighted by Crippen LogP contribution is -2.16. The van der Waals surface area contributed by atoms with Crippen molar-refractivity contribution in [3.05, 3.63) is 5.56 Å². The molecular formula is C11H18N4O4S. The van der Waals surface area contributed by atoms with E-state index in [-0.39, 0.29) is 28.9 Å². The van der Waals surface area contributed by atoms with Crippen LogP contribution in [0.5, 0.6) is 0 Å². The Morgan fingerprint density at radius 1 is 1.50 bits per heavy atom. The van der Waals surface area contributed by atoms with Gasteiger partial charge >= 0.3 is 5.97 Å². The molecule has 1 saturated heterocycles. The number of methoxy groups -OCH3 is 1. The maximum atomic E-state index is 11.8. The van der Waals surface area contributed by atoms with Crippen molar-refractivity contribution in [1.29, 1.82) is 0 Å². The average molecular weight is 302 g/mol. The molecule has 0 spiro atoms. The Balaban J connectivity index is 2.48. The second-order valence-corrected chi connectivity index (χ2v) is 7.20. The lowest BCUT2D eigenvalue weighted by molar-refractivity contribution is 0.0602. The van der Waals surface area contributed by atoms with E-state index in [4.69, 9.17) is 10.5 Å². The molecule has 1 aromatic heterocycles. The van der Waals surface area contributed by atoms with E-state index < -0.39 is 15.8 Å². The van der Waals surface area contributed by atoms with Gasteiger partial charge in [0.1, 0.15) is 11.4 Å². The third-order valence-electron chi connectivity index (χ3n) is 3.30. The number of hydrogen-bond acceptors (Lipinski definition) is 7. The fourth-order valence-electron chi connectivity index (χ4n) is 2.29. The van der Waals surface area contributed by atoms with Crippen molar-refractivity contribution in [2.24, 2.45) is 0 Å². The van der Waals surface area contributed by atoms with Gasteiger partial charge in [0, 0.05) is 14.1 Å². The van der Waals surface area contributed by atoms with Gasteiger partial charge < -0.3 is 15.4 Å². The molecule has 1 aromatic rings. The molecule has 0 aromatic carbocycles. The van der Waals surface area contributed by atoms with E-state index in [2.05, 4.69) is 5.10 Å². The monoisotopic (exact) mass is 302 g/mol. The van der Waals surface area contributed by atoms with Crippen molar-refractivity contribution >= 4 is 27.4 Å². The summed E-state index contributed by atoms with van der Waals surface area (Å²) in [5.74, 6) is 0.0355. The molecule has 8 nitrogen and oxygen atoms in total. The van der Waals surface area contributed by atoms with Gasteiger partial charge in [-0.05, 0) is 6.42 Å². The molecule has 1 fully saturated rings. The minimum Gasteiger partial charge on any atom is -0.465 e. The number of sulfone groups is 1. The Kier molecular flexibility index (Phi) is 3.63. The quantitative estimate of drug-likeness (QED) is 0.762. The van der Waals surface area contributed by atoms with Crippen LogP contribution < -0.4 is 10.6 Å². The highest BCUT2D eigenvalue weighted by Crippen LogP contribution is 2.31. The van der Waals surface area contributed by atoms with E-state index in [9.17, 15) is 13.2 Å². The number of nitrogens with zero attached hydrogens (tertiary/aromatic N) is 3. The molecule has 0 aliphatic carbocycles. The molecule has 1 aliphatic heterocycles. The number of aromatic nitrogens is 2. The maximum absolute atomic E-state index is 11.8. The van der Waals surface area contributed by atoms with E-state index in [1.54, 1.807) is 19.0 Å². The van der Waals surface area contributed by atoms with Gasteiger partial charge in [0.2, 0.25) is 0 Å². The number of hydrogen-bond donors (Lipinski definition) is 1. The SMILES string of the molecule is COC(=O)c1c(N(C)C)nn(C2CCS(=O)(=O)C2)c1N. The van der Waals surface area contributed by atoms with Crippen LogP contribution in [0.15, 0.2) is 0 Å². The predicted molar refractivity (Wildman–Crippen MR) is 74.6 cm³/mol. The summed E-state index contributed by atoms with van der Waals surface area (Å²) in [4.78, 5) is 13.5. The van der Waals surface area contributed by atoms with Gasteiger partial charge in [0.15, 0.2) is 15.7 Å². The summed E-state index contributed by atoms with van der Waals surface area (Å²) in [5, 5.41) is 4.28. The van der Waals surface area contributed by atoms with Crippen LogP contribution >= 0.6 is 0 Å². The third-order valence-corrected chi connectivity index (χ3v) is 5.05. The zero-order valence-corrected chi connectivity index (χ0v) is 12.5. The smallest absolute Gasteiger partial charge is 0.345 e. The Hall–Kier alpha value is -1.77. The normalized spacial score (nSPS) is 20.9. The topological polar surface area (TPSA) is 108 Å². The second kappa shape index (κ2) is 4.97. The fraction of sp³-hybridized carbons (Fsp3) is 0.636. The van der Waals surface area contributed by atoms with Gasteiger partial charge in [-0.3, -0.25) is 0 Å². The lowest BCUT2D eigenvalue weighted by Gasteiger charge is -2.10. The van der Waals surface area contributed by atoms with Gasteiger partial charge in [-0.1, -0.05) is 0 Å². The molecule has 112 valence electrons. The highest BCUT2D eigenvalue weighted by atomic mass is 32.2. The van der Waals surface area contributed by atoms with Crippen molar-refractivity contribution in [2.45, 2.75) is 12.5 Å². The molecule has 2 rings (SSSR count). The first kappa shape index (κ1) is 14.6. The fourth-order valence-corrected chi connectivity index (χ4v) is 3.98. The summed E-state index contributed by atoms with van der Waals surface area (Å²) < 4.78 is 29.2. The molecular weight excluding hydrogens is 284 g/mol. The first-order chi connectivity index (χ1) is 9.26. The van der Waals surface area contributed by atoms with Crippen LogP contribution in [-0.2, 0) is 14.6 Å². The summed E-state index contributed by atoms with van der Waals surface area (Å²) in [6, 6.07) is -0.336. The Morgan fingerprint density at radius 3 is 2.60 bits per heavy atom. The zero-order chi connectivity index (χ0) is 15.1. The van der Waals surface area contributed by atoms with Crippen molar-refractivity contribution in [3.8, 4) is 0 Å². The number of nitrogen functional groups attached to an aromatic ring is 1. The number of carbonyl (C=O) groups is 1. The van der Waals surface area contributed by atoms with E-state index >= 15 is 0 Å². The lowest BCUT2D eigenvalue weighted by atomic mass is 10.2.